The van der Waals surface area contributed by atoms with Gasteiger partial charge in [-0.1, -0.05) is 24.3 Å². The van der Waals surface area contributed by atoms with Gasteiger partial charge in [0, 0.05) is 29.9 Å². The van der Waals surface area contributed by atoms with Gasteiger partial charge >= 0.3 is 0 Å². The predicted molar refractivity (Wildman–Crippen MR) is 120 cm³/mol. The third-order valence-electron chi connectivity index (χ3n) is 4.82. The zero-order valence-electron chi connectivity index (χ0n) is 16.0. The van der Waals surface area contributed by atoms with Crippen molar-refractivity contribution in [2.24, 2.45) is 0 Å². The number of methoxy groups -OCH3 is 1. The fourth-order valence-corrected chi connectivity index (χ4v) is 4.77. The van der Waals surface area contributed by atoms with E-state index in [4.69, 9.17) is 4.74 Å². The first-order valence-electron chi connectivity index (χ1n) is 9.30. The molecular weight excluding hydrogens is 418 g/mol. The summed E-state index contributed by atoms with van der Waals surface area (Å²) in [7, 11) is 1.69. The van der Waals surface area contributed by atoms with E-state index in [0.29, 0.717) is 30.0 Å². The number of hydrogen-bond donors (Lipinski definition) is 1. The second kappa shape index (κ2) is 7.94. The van der Waals surface area contributed by atoms with Crippen LogP contribution < -0.4 is 5.32 Å². The molecule has 30 heavy (non-hydrogen) atoms. The Morgan fingerprint density at radius 2 is 2.07 bits per heavy atom. The van der Waals surface area contributed by atoms with Gasteiger partial charge in [-0.3, -0.25) is 4.79 Å². The third-order valence-corrected chi connectivity index (χ3v) is 6.23. The quantitative estimate of drug-likeness (QED) is 0.419. The highest BCUT2D eigenvalue weighted by molar-refractivity contribution is 7.13. The minimum Gasteiger partial charge on any atom is -0.383 e. The van der Waals surface area contributed by atoms with E-state index in [1.807, 2.05) is 30.3 Å². The Labute approximate surface area is 180 Å². The first-order chi connectivity index (χ1) is 14.7. The number of benzene rings is 2. The average molecular weight is 436 g/mol. The predicted octanol–water partition coefficient (Wildman–Crippen LogP) is 4.67. The molecule has 3 aromatic heterocycles. The monoisotopic (exact) mass is 435 g/mol. The molecule has 7 nitrogen and oxygen atoms in total. The number of para-hydroxylation sites is 1. The van der Waals surface area contributed by atoms with Crippen LogP contribution in [0, 0.1) is 0 Å². The summed E-state index contributed by atoms with van der Waals surface area (Å²) in [5.41, 5.74) is 4.55. The van der Waals surface area contributed by atoms with Crippen LogP contribution in [-0.2, 0) is 11.3 Å². The van der Waals surface area contributed by atoms with Crippen LogP contribution in [0.2, 0.25) is 0 Å². The van der Waals surface area contributed by atoms with Crippen molar-refractivity contribution in [2.75, 3.05) is 19.0 Å². The molecule has 5 rings (SSSR count). The van der Waals surface area contributed by atoms with E-state index >= 15 is 0 Å². The molecule has 0 fully saturated rings. The highest BCUT2D eigenvalue weighted by Gasteiger charge is 2.17. The van der Waals surface area contributed by atoms with Gasteiger partial charge in [0.2, 0.25) is 0 Å². The molecule has 5 aromatic rings. The molecule has 1 amide bonds. The van der Waals surface area contributed by atoms with Gasteiger partial charge in [-0.25, -0.2) is 4.98 Å². The fourth-order valence-electron chi connectivity index (χ4n) is 3.40. The molecule has 0 atom stereocenters. The molecule has 0 unspecified atom stereocenters. The van der Waals surface area contributed by atoms with E-state index in [2.05, 4.69) is 41.8 Å². The maximum atomic E-state index is 12.8. The van der Waals surface area contributed by atoms with E-state index in [-0.39, 0.29) is 5.91 Å². The summed E-state index contributed by atoms with van der Waals surface area (Å²) < 4.78 is 15.9. The van der Waals surface area contributed by atoms with Crippen LogP contribution in [0.15, 0.2) is 53.9 Å². The molecule has 0 aliphatic heterocycles. The molecule has 0 saturated carbocycles. The third kappa shape index (κ3) is 3.36. The van der Waals surface area contributed by atoms with Crippen LogP contribution in [-0.4, -0.2) is 37.9 Å². The summed E-state index contributed by atoms with van der Waals surface area (Å²) in [6.07, 6.45) is 0. The molecule has 9 heteroatoms. The van der Waals surface area contributed by atoms with Crippen molar-refractivity contribution >= 4 is 56.6 Å². The lowest BCUT2D eigenvalue weighted by Crippen LogP contribution is -2.12. The van der Waals surface area contributed by atoms with Crippen molar-refractivity contribution < 1.29 is 9.53 Å². The summed E-state index contributed by atoms with van der Waals surface area (Å²) in [4.78, 5) is 17.4. The summed E-state index contributed by atoms with van der Waals surface area (Å²) >= 11 is 2.57. The molecule has 150 valence electrons. The first kappa shape index (κ1) is 18.9. The average Bonchev–Trinajstić information content (AvgIpc) is 3.50. The Morgan fingerprint density at radius 1 is 1.17 bits per heavy atom. The Bertz CT molecular complexity index is 1350. The van der Waals surface area contributed by atoms with Crippen LogP contribution in [0.1, 0.15) is 10.5 Å². The van der Waals surface area contributed by atoms with Crippen LogP contribution in [0.3, 0.4) is 0 Å². The smallest absolute Gasteiger partial charge is 0.275 e. The molecule has 0 aliphatic carbocycles. The largest absolute Gasteiger partial charge is 0.383 e. The number of ether oxygens (including phenoxy) is 1. The number of fused-ring (bicyclic) bond motifs is 2. The number of hydrogen-bond acceptors (Lipinski definition) is 7. The molecule has 0 bridgehead atoms. The standard InChI is InChI=1S/C21H17N5O2S2/c1-28-10-9-26-17-8-3-2-5-13(17)11-18(26)21-23-16(12-29-21)20(27)22-14-6-4-7-15-19(14)25-30-24-15/h2-8,11-12H,9-10H2,1H3,(H,22,27). The summed E-state index contributed by atoms with van der Waals surface area (Å²) in [5.74, 6) is -0.266. The SMILES string of the molecule is COCCn1c(-c2nc(C(=O)Nc3cccc4nsnc34)cs2)cc2ccccc21. The zero-order chi connectivity index (χ0) is 20.5. The lowest BCUT2D eigenvalue weighted by atomic mass is 10.2. The minimum absolute atomic E-state index is 0.266. The second-order valence-corrected chi connectivity index (χ2v) is 8.05. The Hall–Kier alpha value is -3.14. The van der Waals surface area contributed by atoms with Crippen LogP contribution in [0.4, 0.5) is 5.69 Å². The number of thiazole rings is 1. The zero-order valence-corrected chi connectivity index (χ0v) is 17.7. The highest BCUT2D eigenvalue weighted by Crippen LogP contribution is 2.31. The van der Waals surface area contributed by atoms with Crippen molar-refractivity contribution in [3.8, 4) is 10.7 Å². The van der Waals surface area contributed by atoms with Gasteiger partial charge in [0.25, 0.3) is 5.91 Å². The normalized spacial score (nSPS) is 11.4. The van der Waals surface area contributed by atoms with E-state index in [1.165, 1.54) is 11.3 Å². The number of aromatic nitrogens is 4. The number of nitrogens with one attached hydrogen (secondary N) is 1. The summed E-state index contributed by atoms with van der Waals surface area (Å²) in [6.45, 7) is 1.30. The van der Waals surface area contributed by atoms with Crippen molar-refractivity contribution in [1.29, 1.82) is 0 Å². The molecule has 0 saturated heterocycles. The Balaban J connectivity index is 1.47. The second-order valence-electron chi connectivity index (χ2n) is 6.66. The van der Waals surface area contributed by atoms with Gasteiger partial charge in [-0.2, -0.15) is 8.75 Å². The van der Waals surface area contributed by atoms with Crippen molar-refractivity contribution in [2.45, 2.75) is 6.54 Å². The lowest BCUT2D eigenvalue weighted by molar-refractivity contribution is 0.102. The molecule has 2 aromatic carbocycles. The number of rotatable bonds is 6. The Kier molecular flexibility index (Phi) is 4.99. The van der Waals surface area contributed by atoms with Crippen LogP contribution >= 0.6 is 23.1 Å². The number of carbonyl (C=O) groups is 1. The van der Waals surface area contributed by atoms with Crippen LogP contribution in [0.25, 0.3) is 32.6 Å². The summed E-state index contributed by atoms with van der Waals surface area (Å²) in [5, 5.41) is 6.61. The minimum atomic E-state index is -0.266. The van der Waals surface area contributed by atoms with Crippen molar-refractivity contribution in [1.82, 2.24) is 18.3 Å². The van der Waals surface area contributed by atoms with Gasteiger partial charge in [0.05, 0.1) is 29.7 Å². The number of amides is 1. The molecule has 3 heterocycles. The first-order valence-corrected chi connectivity index (χ1v) is 10.9. The van der Waals surface area contributed by atoms with E-state index in [9.17, 15) is 4.79 Å². The van der Waals surface area contributed by atoms with Crippen LogP contribution in [0.5, 0.6) is 0 Å². The number of nitrogens with zero attached hydrogens (tertiary/aromatic N) is 4. The van der Waals surface area contributed by atoms with Gasteiger partial charge in [0.15, 0.2) is 0 Å². The Morgan fingerprint density at radius 3 is 2.97 bits per heavy atom. The molecule has 0 aliphatic rings. The molecule has 0 radical (unpaired) electrons. The van der Waals surface area contributed by atoms with Gasteiger partial charge in [0.1, 0.15) is 21.7 Å². The molecule has 0 spiro atoms. The maximum Gasteiger partial charge on any atom is 0.275 e. The highest BCUT2D eigenvalue weighted by atomic mass is 32.1. The molecule has 1 N–H and O–H groups in total. The number of carbonyl (C=O) groups excluding carboxylic acids is 1. The van der Waals surface area contributed by atoms with Crippen molar-refractivity contribution in [3.63, 3.8) is 0 Å². The van der Waals surface area contributed by atoms with E-state index < -0.39 is 0 Å². The van der Waals surface area contributed by atoms with Crippen molar-refractivity contribution in [3.05, 3.63) is 59.6 Å². The van der Waals surface area contributed by atoms with E-state index in [0.717, 1.165) is 38.8 Å². The topological polar surface area (TPSA) is 81.9 Å². The maximum absolute atomic E-state index is 12.8. The summed E-state index contributed by atoms with van der Waals surface area (Å²) in [6, 6.07) is 15.8. The lowest BCUT2D eigenvalue weighted by Gasteiger charge is -2.08. The number of anilines is 1. The van der Waals surface area contributed by atoms with Gasteiger partial charge in [-0.15, -0.1) is 11.3 Å². The van der Waals surface area contributed by atoms with Gasteiger partial charge in [-0.05, 0) is 24.3 Å². The molecular formula is C21H17N5O2S2. The van der Waals surface area contributed by atoms with E-state index in [1.54, 1.807) is 12.5 Å². The van der Waals surface area contributed by atoms with Gasteiger partial charge < -0.3 is 14.6 Å². The fraction of sp³-hybridized carbons (Fsp3) is 0.143.